The first-order valence-corrected chi connectivity index (χ1v) is 10.3. The van der Waals surface area contributed by atoms with E-state index in [1.165, 1.54) is 16.2 Å². The molecule has 4 rings (SSSR count). The van der Waals surface area contributed by atoms with Gasteiger partial charge in [-0.25, -0.2) is 4.98 Å². The number of amides is 1. The lowest BCUT2D eigenvalue weighted by molar-refractivity contribution is -0.858. The lowest BCUT2D eigenvalue weighted by atomic mass is 10.2. The molecule has 0 aliphatic carbocycles. The Morgan fingerprint density at radius 3 is 2.79 bits per heavy atom. The van der Waals surface area contributed by atoms with E-state index < -0.39 is 0 Å². The minimum atomic E-state index is -0.102. The van der Waals surface area contributed by atoms with Crippen molar-refractivity contribution >= 4 is 44.2 Å². The number of aromatic nitrogens is 1. The standard InChI is InChI=1S/C20H20ClN3O3S/c1-23(2)7-4-8-24(19(25)13-5-3-6-14(21)9-13)20-22-15-10-16-17(27-12-26-16)11-18(15)28-20/h3,5-6,9-11H,4,7-8,12H2,1-2H3/p+1. The van der Waals surface area contributed by atoms with Gasteiger partial charge in [0.1, 0.15) is 0 Å². The zero-order valence-corrected chi connectivity index (χ0v) is 17.3. The van der Waals surface area contributed by atoms with Crippen LogP contribution in [0.15, 0.2) is 36.4 Å². The molecule has 2 aromatic carbocycles. The highest BCUT2D eigenvalue weighted by Gasteiger charge is 2.23. The number of hydrogen-bond acceptors (Lipinski definition) is 5. The molecule has 6 nitrogen and oxygen atoms in total. The summed E-state index contributed by atoms with van der Waals surface area (Å²) in [4.78, 5) is 21.0. The molecule has 0 saturated heterocycles. The highest BCUT2D eigenvalue weighted by molar-refractivity contribution is 7.22. The number of nitrogens with one attached hydrogen (secondary N) is 1. The third-order valence-corrected chi connectivity index (χ3v) is 5.75. The normalized spacial score (nSPS) is 12.7. The highest BCUT2D eigenvalue weighted by atomic mass is 35.5. The van der Waals surface area contributed by atoms with Crippen molar-refractivity contribution < 1.29 is 19.2 Å². The molecule has 1 aliphatic heterocycles. The third-order valence-electron chi connectivity index (χ3n) is 4.48. The van der Waals surface area contributed by atoms with Crippen LogP contribution in [0.3, 0.4) is 0 Å². The minimum Gasteiger partial charge on any atom is -0.454 e. The molecular formula is C20H21ClN3O3S+. The van der Waals surface area contributed by atoms with Crippen molar-refractivity contribution in [2.45, 2.75) is 6.42 Å². The molecule has 0 unspecified atom stereocenters. The van der Waals surface area contributed by atoms with Gasteiger partial charge >= 0.3 is 0 Å². The van der Waals surface area contributed by atoms with Crippen molar-refractivity contribution in [2.24, 2.45) is 0 Å². The van der Waals surface area contributed by atoms with Crippen LogP contribution in [0.2, 0.25) is 5.02 Å². The van der Waals surface area contributed by atoms with Crippen LogP contribution >= 0.6 is 22.9 Å². The zero-order chi connectivity index (χ0) is 19.7. The van der Waals surface area contributed by atoms with Gasteiger partial charge in [0.2, 0.25) is 6.79 Å². The number of nitrogens with zero attached hydrogens (tertiary/aromatic N) is 2. The van der Waals surface area contributed by atoms with E-state index in [4.69, 9.17) is 26.1 Å². The van der Waals surface area contributed by atoms with Crippen LogP contribution in [0, 0.1) is 0 Å². The second-order valence-electron chi connectivity index (χ2n) is 6.95. The van der Waals surface area contributed by atoms with Crippen LogP contribution in [0.5, 0.6) is 11.5 Å². The van der Waals surface area contributed by atoms with Crippen molar-refractivity contribution in [1.82, 2.24) is 4.98 Å². The molecule has 0 spiro atoms. The molecule has 1 N–H and O–H groups in total. The summed E-state index contributed by atoms with van der Waals surface area (Å²) < 4.78 is 11.9. The van der Waals surface area contributed by atoms with Crippen molar-refractivity contribution in [1.29, 1.82) is 0 Å². The summed E-state index contributed by atoms with van der Waals surface area (Å²) in [7, 11) is 4.20. The van der Waals surface area contributed by atoms with E-state index in [9.17, 15) is 4.79 Å². The summed E-state index contributed by atoms with van der Waals surface area (Å²) in [5, 5.41) is 1.20. The van der Waals surface area contributed by atoms with E-state index in [2.05, 4.69) is 14.1 Å². The van der Waals surface area contributed by atoms with Crippen LogP contribution in [0.25, 0.3) is 10.2 Å². The maximum atomic E-state index is 13.2. The molecule has 3 aromatic rings. The molecule has 1 aromatic heterocycles. The van der Waals surface area contributed by atoms with Crippen molar-refractivity contribution in [3.63, 3.8) is 0 Å². The molecule has 0 radical (unpaired) electrons. The predicted octanol–water partition coefficient (Wildman–Crippen LogP) is 2.86. The van der Waals surface area contributed by atoms with Crippen LogP contribution < -0.4 is 19.3 Å². The van der Waals surface area contributed by atoms with Gasteiger partial charge in [-0.1, -0.05) is 29.0 Å². The molecule has 0 bridgehead atoms. The Hall–Kier alpha value is -2.35. The molecule has 0 atom stereocenters. The lowest BCUT2D eigenvalue weighted by Crippen LogP contribution is -3.05. The second kappa shape index (κ2) is 7.95. The quantitative estimate of drug-likeness (QED) is 0.668. The summed E-state index contributed by atoms with van der Waals surface area (Å²) in [6.45, 7) is 1.77. The van der Waals surface area contributed by atoms with Gasteiger partial charge in [-0.3, -0.25) is 9.69 Å². The SMILES string of the molecule is C[NH+](C)CCCN(C(=O)c1cccc(Cl)c1)c1nc2cc3c(cc2s1)OCO3. The Bertz CT molecular complexity index is 980. The predicted molar refractivity (Wildman–Crippen MR) is 111 cm³/mol. The molecule has 8 heteroatoms. The van der Waals surface area contributed by atoms with Crippen LogP contribution in [-0.2, 0) is 0 Å². The van der Waals surface area contributed by atoms with Gasteiger partial charge in [-0.05, 0) is 18.2 Å². The third kappa shape index (κ3) is 3.92. The average Bonchev–Trinajstić information content (AvgIpc) is 3.28. The minimum absolute atomic E-state index is 0.102. The van der Waals surface area contributed by atoms with Gasteiger partial charge in [0.25, 0.3) is 5.91 Å². The largest absolute Gasteiger partial charge is 0.454 e. The average molecular weight is 419 g/mol. The fourth-order valence-corrected chi connectivity index (χ4v) is 4.26. The van der Waals surface area contributed by atoms with E-state index in [1.54, 1.807) is 29.2 Å². The van der Waals surface area contributed by atoms with E-state index in [0.717, 1.165) is 23.2 Å². The maximum Gasteiger partial charge on any atom is 0.260 e. The molecule has 0 saturated carbocycles. The van der Waals surface area contributed by atoms with Gasteiger partial charge in [0.05, 0.1) is 30.9 Å². The molecule has 28 heavy (non-hydrogen) atoms. The second-order valence-corrected chi connectivity index (χ2v) is 8.39. The van der Waals surface area contributed by atoms with Gasteiger partial charge in [-0.2, -0.15) is 0 Å². The zero-order valence-electron chi connectivity index (χ0n) is 15.7. The summed E-state index contributed by atoms with van der Waals surface area (Å²) in [5.41, 5.74) is 1.35. The number of thiazole rings is 1. The number of carbonyl (C=O) groups excluding carboxylic acids is 1. The summed E-state index contributed by atoms with van der Waals surface area (Å²) in [5.74, 6) is 1.30. The lowest BCUT2D eigenvalue weighted by Gasteiger charge is -2.20. The van der Waals surface area contributed by atoms with Crippen LogP contribution in [-0.4, -0.2) is 44.9 Å². The summed E-state index contributed by atoms with van der Waals surface area (Å²) in [6.07, 6.45) is 0.868. The first-order valence-electron chi connectivity index (χ1n) is 9.08. The van der Waals surface area contributed by atoms with E-state index >= 15 is 0 Å². The van der Waals surface area contributed by atoms with Crippen molar-refractivity contribution in [3.8, 4) is 11.5 Å². The first-order chi connectivity index (χ1) is 13.5. The summed E-state index contributed by atoms with van der Waals surface area (Å²) >= 11 is 7.57. The van der Waals surface area contributed by atoms with E-state index in [-0.39, 0.29) is 12.7 Å². The Balaban J connectivity index is 1.68. The van der Waals surface area contributed by atoms with Crippen LogP contribution in [0.1, 0.15) is 16.8 Å². The molecular weight excluding hydrogens is 398 g/mol. The number of ether oxygens (including phenoxy) is 2. The van der Waals surface area contributed by atoms with Gasteiger partial charge in [0.15, 0.2) is 16.6 Å². The molecule has 1 amide bonds. The molecule has 2 heterocycles. The Morgan fingerprint density at radius 1 is 1.25 bits per heavy atom. The van der Waals surface area contributed by atoms with Crippen molar-refractivity contribution in [2.75, 3.05) is 38.9 Å². The first kappa shape index (κ1) is 19.0. The fraction of sp³-hybridized carbons (Fsp3) is 0.300. The Kier molecular flexibility index (Phi) is 5.39. The number of anilines is 1. The maximum absolute atomic E-state index is 13.2. The summed E-state index contributed by atoms with van der Waals surface area (Å²) in [6, 6.07) is 10.8. The molecule has 146 valence electrons. The fourth-order valence-electron chi connectivity index (χ4n) is 3.07. The van der Waals surface area contributed by atoms with Gasteiger partial charge in [0, 0.05) is 35.7 Å². The topological polar surface area (TPSA) is 56.1 Å². The number of quaternary nitrogens is 1. The van der Waals surface area contributed by atoms with E-state index in [0.29, 0.717) is 33.8 Å². The number of carbonyl (C=O) groups is 1. The van der Waals surface area contributed by atoms with E-state index in [1.807, 2.05) is 12.1 Å². The number of halogens is 1. The smallest absolute Gasteiger partial charge is 0.260 e. The Morgan fingerprint density at radius 2 is 2.04 bits per heavy atom. The number of hydrogen-bond donors (Lipinski definition) is 1. The number of rotatable bonds is 6. The van der Waals surface area contributed by atoms with Crippen LogP contribution in [0.4, 0.5) is 5.13 Å². The van der Waals surface area contributed by atoms with Gasteiger partial charge in [-0.15, -0.1) is 0 Å². The Labute approximate surface area is 172 Å². The van der Waals surface area contributed by atoms with Gasteiger partial charge < -0.3 is 14.4 Å². The molecule has 0 fully saturated rings. The monoisotopic (exact) mass is 418 g/mol. The number of fused-ring (bicyclic) bond motifs is 2. The number of benzene rings is 2. The molecule has 1 aliphatic rings. The van der Waals surface area contributed by atoms with Crippen molar-refractivity contribution in [3.05, 3.63) is 47.0 Å². The highest BCUT2D eigenvalue weighted by Crippen LogP contribution is 2.40.